The molecule has 6 aromatic rings. The number of hydrogen-bond acceptors (Lipinski definition) is 3. The molecule has 2 aromatic carbocycles. The summed E-state index contributed by atoms with van der Waals surface area (Å²) in [5.74, 6) is 1.82. The second-order valence-corrected chi connectivity index (χ2v) is 21.0. The fourth-order valence-corrected chi connectivity index (χ4v) is 9.52. The monoisotopic (exact) mass is 922 g/mol. The van der Waals surface area contributed by atoms with E-state index in [1.54, 1.807) is 0 Å². The van der Waals surface area contributed by atoms with Crippen molar-refractivity contribution in [2.24, 2.45) is 0 Å². The number of ether oxygens (including phenoxy) is 2. The van der Waals surface area contributed by atoms with Gasteiger partial charge < -0.3 is 43.3 Å². The van der Waals surface area contributed by atoms with E-state index in [1.165, 1.54) is 90.3 Å². The molecule has 5 heterocycles. The third-order valence-electron chi connectivity index (χ3n) is 13.4. The van der Waals surface area contributed by atoms with Crippen molar-refractivity contribution in [1.29, 1.82) is 0 Å². The molecule has 0 amide bonds. The summed E-state index contributed by atoms with van der Waals surface area (Å²) >= 11 is 0. The molecule has 8 bridgehead atoms. The van der Waals surface area contributed by atoms with Gasteiger partial charge in [0, 0.05) is 87.7 Å². The molecule has 0 unspecified atom stereocenters. The molecule has 1 aliphatic rings. The Labute approximate surface area is 407 Å². The lowest BCUT2D eigenvalue weighted by atomic mass is 10.0. The van der Waals surface area contributed by atoms with E-state index in [0.29, 0.717) is 6.61 Å². The largest absolute Gasteiger partial charge is 0.494 e. The third-order valence-corrected chi connectivity index (χ3v) is 13.4. The number of nitrogens with one attached hydrogen (secondary N) is 4. The zero-order valence-corrected chi connectivity index (χ0v) is 42.7. The number of nitrogens with zero attached hydrogens (tertiary/aromatic N) is 3. The maximum Gasteiger partial charge on any atom is 0.119 e. The summed E-state index contributed by atoms with van der Waals surface area (Å²) in [6.45, 7) is 9.54. The van der Waals surface area contributed by atoms with Gasteiger partial charge in [0.2, 0.25) is 0 Å². The van der Waals surface area contributed by atoms with Crippen LogP contribution in [-0.2, 0) is 0 Å². The zero-order valence-electron chi connectivity index (χ0n) is 42.7. The van der Waals surface area contributed by atoms with Gasteiger partial charge in [-0.1, -0.05) is 89.0 Å². The molecule has 0 spiro atoms. The van der Waals surface area contributed by atoms with Gasteiger partial charge in [0.15, 0.2) is 0 Å². The second kappa shape index (κ2) is 24.7. The molecular weight excluding hydrogens is 839 g/mol. The lowest BCUT2D eigenvalue weighted by Gasteiger charge is -2.31. The summed E-state index contributed by atoms with van der Waals surface area (Å²) in [4.78, 5) is 17.4. The van der Waals surface area contributed by atoms with Crippen molar-refractivity contribution in [3.05, 3.63) is 152 Å². The van der Waals surface area contributed by atoms with Crippen LogP contribution in [0.1, 0.15) is 124 Å². The zero-order chi connectivity index (χ0) is 47.8. The summed E-state index contributed by atoms with van der Waals surface area (Å²) < 4.78 is 14.6. The Morgan fingerprint density at radius 3 is 1.37 bits per heavy atom. The number of unbranched alkanes of at least 4 members (excludes halogenated alkanes) is 9. The Hall–Kier alpha value is -5.48. The van der Waals surface area contributed by atoms with Crippen LogP contribution < -0.4 is 30.9 Å². The van der Waals surface area contributed by atoms with E-state index in [4.69, 9.17) is 9.47 Å². The molecular formula is C59H83N7O2+2. The molecule has 0 atom stereocenters. The fourth-order valence-electron chi connectivity index (χ4n) is 9.52. The van der Waals surface area contributed by atoms with Crippen molar-refractivity contribution in [3.63, 3.8) is 0 Å². The van der Waals surface area contributed by atoms with E-state index < -0.39 is 0 Å². The van der Waals surface area contributed by atoms with Gasteiger partial charge >= 0.3 is 0 Å². The summed E-state index contributed by atoms with van der Waals surface area (Å²) in [5, 5.41) is 4.13. The number of quaternary nitrogens is 2. The van der Waals surface area contributed by atoms with Gasteiger partial charge in [-0.25, -0.2) is 0 Å². The van der Waals surface area contributed by atoms with Crippen LogP contribution in [0.15, 0.2) is 97.1 Å². The average molecular weight is 922 g/mol. The number of benzene rings is 2. The first-order valence-corrected chi connectivity index (χ1v) is 25.9. The van der Waals surface area contributed by atoms with Gasteiger partial charge in [-0.2, -0.15) is 0 Å². The highest BCUT2D eigenvalue weighted by molar-refractivity contribution is 5.79. The van der Waals surface area contributed by atoms with Gasteiger partial charge in [-0.15, -0.1) is 0 Å². The first kappa shape index (κ1) is 50.4. The molecule has 364 valence electrons. The Morgan fingerprint density at radius 2 is 0.882 bits per heavy atom. The van der Waals surface area contributed by atoms with Crippen LogP contribution >= 0.6 is 0 Å². The Bertz CT molecular complexity index is 2690. The summed E-state index contributed by atoms with van der Waals surface area (Å²) in [6, 6.07) is 34.5. The topological polar surface area (TPSA) is 84.9 Å². The number of hydrogen-bond donors (Lipinski definition) is 4. The first-order valence-electron chi connectivity index (χ1n) is 25.9. The first-order chi connectivity index (χ1) is 32.9. The standard InChI is InChI=1S/C59H83N7O2/c1-8-9-10-11-12-13-14-15-16-17-42-67-52-29-21-46(22-30-52)58-54-33-25-48(60-54)44-50-27-35-56(62-50)59(57-36-28-51(63-57)45-49-26-34-55(58)61-49)47-23-31-53(32-24-47)68-43-20-41-66(6,7)40-19-38-64(2)37-18-39-65(3,4)5/h21-36,44-45,60-63H,8-20,37-43H2,1-7H3/q+2. The predicted octanol–water partition coefficient (Wildman–Crippen LogP) is 9.03. The van der Waals surface area contributed by atoms with Crippen molar-refractivity contribution in [1.82, 2.24) is 24.8 Å². The Morgan fingerprint density at radius 1 is 0.441 bits per heavy atom. The highest BCUT2D eigenvalue weighted by Gasteiger charge is 2.17. The number of aromatic nitrogens is 4. The minimum absolute atomic E-state index is 0.703. The van der Waals surface area contributed by atoms with Crippen LogP contribution in [0.4, 0.5) is 0 Å². The molecule has 4 N–H and O–H groups in total. The molecule has 1 aliphatic heterocycles. The number of rotatable bonds is 27. The van der Waals surface area contributed by atoms with Crippen LogP contribution in [0.2, 0.25) is 0 Å². The second-order valence-electron chi connectivity index (χ2n) is 21.0. The van der Waals surface area contributed by atoms with Gasteiger partial charge in [-0.3, -0.25) is 0 Å². The van der Waals surface area contributed by atoms with Gasteiger partial charge in [0.05, 0.1) is 68.1 Å². The summed E-state index contributed by atoms with van der Waals surface area (Å²) in [6.07, 6.45) is 21.0. The molecule has 0 radical (unpaired) electrons. The van der Waals surface area contributed by atoms with E-state index in [9.17, 15) is 0 Å². The minimum Gasteiger partial charge on any atom is -0.494 e. The summed E-state index contributed by atoms with van der Waals surface area (Å²) in [7, 11) is 13.8. The molecule has 68 heavy (non-hydrogen) atoms. The van der Waals surface area contributed by atoms with Crippen LogP contribution in [0, 0.1) is 0 Å². The third kappa shape index (κ3) is 15.5. The quantitative estimate of drug-likeness (QED) is 0.0307. The molecule has 9 nitrogen and oxygen atoms in total. The van der Waals surface area contributed by atoms with Crippen molar-refractivity contribution in [3.8, 4) is 11.5 Å². The average Bonchev–Trinajstić information content (AvgIpc) is 4.16. The Balaban J connectivity index is 0.993. The minimum atomic E-state index is 0.703. The maximum atomic E-state index is 6.31. The lowest BCUT2D eigenvalue weighted by molar-refractivity contribution is -0.890. The van der Waals surface area contributed by atoms with E-state index in [1.807, 2.05) is 0 Å². The van der Waals surface area contributed by atoms with Crippen LogP contribution in [-0.4, -0.2) is 122 Å². The molecule has 0 aliphatic carbocycles. The fraction of sp³-hybridized carbons (Fsp3) is 0.458. The van der Waals surface area contributed by atoms with Crippen LogP contribution in [0.5, 0.6) is 11.5 Å². The molecule has 9 heteroatoms. The SMILES string of the molecule is CCCCCCCCCCCCOc1ccc(C2=c3ccc([nH]3)=Cc3ccc([nH]3)C(c3ccc(OCCC[N+](C)(C)CCCN(C)CCC[N+](C)(C)C)cc3)=c3ccc([nH]3)=Cc3ccc2[nH]3)cc1. The predicted molar refractivity (Wildman–Crippen MR) is 284 cm³/mol. The highest BCUT2D eigenvalue weighted by Crippen LogP contribution is 2.25. The van der Waals surface area contributed by atoms with E-state index >= 15 is 0 Å². The van der Waals surface area contributed by atoms with Gasteiger partial charge in [0.25, 0.3) is 0 Å². The molecule has 4 aromatic heterocycles. The van der Waals surface area contributed by atoms with Crippen molar-refractivity contribution >= 4 is 23.3 Å². The molecule has 0 fully saturated rings. The molecule has 0 saturated heterocycles. The normalized spacial score (nSPS) is 12.9. The maximum absolute atomic E-state index is 6.31. The van der Waals surface area contributed by atoms with E-state index in [2.05, 4.69) is 183 Å². The van der Waals surface area contributed by atoms with Crippen LogP contribution in [0.3, 0.4) is 0 Å². The van der Waals surface area contributed by atoms with E-state index in [-0.39, 0.29) is 0 Å². The lowest BCUT2D eigenvalue weighted by Crippen LogP contribution is -2.43. The van der Waals surface area contributed by atoms with E-state index in [0.717, 1.165) is 119 Å². The number of aromatic amines is 4. The molecule has 0 saturated carbocycles. The van der Waals surface area contributed by atoms with Crippen molar-refractivity contribution < 1.29 is 18.4 Å². The number of fused-ring (bicyclic) bond motifs is 8. The van der Waals surface area contributed by atoms with Gasteiger partial charge in [-0.05, 0) is 110 Å². The number of H-pyrrole nitrogens is 4. The van der Waals surface area contributed by atoms with Crippen molar-refractivity contribution in [2.45, 2.75) is 90.4 Å². The van der Waals surface area contributed by atoms with Crippen molar-refractivity contribution in [2.75, 3.05) is 88.2 Å². The van der Waals surface area contributed by atoms with Crippen LogP contribution in [0.25, 0.3) is 23.3 Å². The molecule has 7 rings (SSSR count). The van der Waals surface area contributed by atoms with Gasteiger partial charge in [0.1, 0.15) is 11.5 Å². The smallest absolute Gasteiger partial charge is 0.119 e. The summed E-state index contributed by atoms with van der Waals surface area (Å²) in [5.41, 5.74) is 8.57. The highest BCUT2D eigenvalue weighted by atomic mass is 16.5. The Kier molecular flexibility index (Phi) is 18.3.